The van der Waals surface area contributed by atoms with Crippen LogP contribution in [0.25, 0.3) is 0 Å². The van der Waals surface area contributed by atoms with Gasteiger partial charge in [-0.25, -0.2) is 14.2 Å². The average molecular weight is 481 g/mol. The van der Waals surface area contributed by atoms with Crippen molar-refractivity contribution in [1.29, 1.82) is 0 Å². The van der Waals surface area contributed by atoms with E-state index in [1.165, 1.54) is 31.3 Å². The highest BCUT2D eigenvalue weighted by Crippen LogP contribution is 2.35. The van der Waals surface area contributed by atoms with Crippen LogP contribution < -0.4 is 14.8 Å². The number of carbonyl (C=O) groups is 1. The van der Waals surface area contributed by atoms with Crippen molar-refractivity contribution in [2.75, 3.05) is 37.9 Å². The Morgan fingerprint density at radius 3 is 2.73 bits per heavy atom. The fourth-order valence-corrected chi connectivity index (χ4v) is 3.96. The number of nitrogens with one attached hydrogen (secondary N) is 1. The summed E-state index contributed by atoms with van der Waals surface area (Å²) in [6.45, 7) is 4.68. The molecule has 0 spiro atoms. The van der Waals surface area contributed by atoms with Gasteiger partial charge in [0.25, 0.3) is 5.88 Å². The number of anilines is 2. The summed E-state index contributed by atoms with van der Waals surface area (Å²) in [4.78, 5) is 22.8. The first-order valence-electron chi connectivity index (χ1n) is 10.7. The van der Waals surface area contributed by atoms with Gasteiger partial charge >= 0.3 is 6.09 Å². The third-order valence-electron chi connectivity index (χ3n) is 4.84. The van der Waals surface area contributed by atoms with Gasteiger partial charge in [0.05, 0.1) is 25.5 Å². The summed E-state index contributed by atoms with van der Waals surface area (Å²) in [5.41, 5.74) is 0.225. The highest BCUT2D eigenvalue weighted by atomic mass is 32.2. The topological polar surface area (TPSA) is 106 Å². The van der Waals surface area contributed by atoms with Crippen LogP contribution in [0.4, 0.5) is 20.7 Å². The molecule has 1 aliphatic rings. The fourth-order valence-electron chi connectivity index (χ4n) is 3.28. The summed E-state index contributed by atoms with van der Waals surface area (Å²) >= 11 is 1.36. The maximum absolute atomic E-state index is 14.6. The van der Waals surface area contributed by atoms with Gasteiger partial charge in [-0.05, 0) is 32.0 Å². The minimum Gasteiger partial charge on any atom is -0.489 e. The predicted octanol–water partition coefficient (Wildman–Crippen LogP) is 3.84. The molecule has 0 unspecified atom stereocenters. The highest BCUT2D eigenvalue weighted by Gasteiger charge is 2.27. The molecule has 1 saturated heterocycles. The molecule has 2 N–H and O–H groups in total. The highest BCUT2D eigenvalue weighted by molar-refractivity contribution is 7.99. The first kappa shape index (κ1) is 24.8. The molecule has 2 aromatic rings. The number of likely N-dealkylation sites (tertiary alicyclic amines) is 1. The maximum Gasteiger partial charge on any atom is 0.410 e. The Kier molecular flexibility index (Phi) is 8.95. The smallest absolute Gasteiger partial charge is 0.410 e. The van der Waals surface area contributed by atoms with Gasteiger partial charge in [0.2, 0.25) is 5.75 Å². The summed E-state index contributed by atoms with van der Waals surface area (Å²) in [7, 11) is 1.46. The van der Waals surface area contributed by atoms with Crippen LogP contribution in [-0.4, -0.2) is 70.8 Å². The molecule has 0 saturated carbocycles. The third kappa shape index (κ3) is 6.84. The number of aliphatic hydroxyl groups is 1. The van der Waals surface area contributed by atoms with E-state index in [0.29, 0.717) is 31.7 Å². The van der Waals surface area contributed by atoms with E-state index < -0.39 is 5.82 Å². The van der Waals surface area contributed by atoms with Crippen molar-refractivity contribution in [3.8, 4) is 11.6 Å². The molecule has 33 heavy (non-hydrogen) atoms. The molecule has 0 aliphatic carbocycles. The molecule has 1 fully saturated rings. The standard InChI is InChI=1S/C22H29FN4O5S/c1-14(2)31-22(29)27-8-6-15(7-9-27)32-21-19(30-3)20(24-13-25-21)26-18-5-4-16(12-17(18)23)33-11-10-28/h4-5,12-15,28H,6-11H2,1-3H3,(H,24,25,26). The first-order valence-corrected chi connectivity index (χ1v) is 11.7. The Morgan fingerprint density at radius 2 is 2.09 bits per heavy atom. The predicted molar refractivity (Wildman–Crippen MR) is 123 cm³/mol. The van der Waals surface area contributed by atoms with E-state index in [9.17, 15) is 9.18 Å². The molecule has 1 amide bonds. The molecule has 0 atom stereocenters. The number of rotatable bonds is 9. The second-order valence-electron chi connectivity index (χ2n) is 7.64. The quantitative estimate of drug-likeness (QED) is 0.518. The number of hydrogen-bond donors (Lipinski definition) is 2. The van der Waals surface area contributed by atoms with Crippen LogP contribution in [0.15, 0.2) is 29.4 Å². The van der Waals surface area contributed by atoms with Crippen molar-refractivity contribution >= 4 is 29.4 Å². The zero-order valence-corrected chi connectivity index (χ0v) is 19.7. The van der Waals surface area contributed by atoms with Crippen LogP contribution >= 0.6 is 11.8 Å². The lowest BCUT2D eigenvalue weighted by Gasteiger charge is -2.31. The summed E-state index contributed by atoms with van der Waals surface area (Å²) < 4.78 is 31.3. The van der Waals surface area contributed by atoms with E-state index in [2.05, 4.69) is 15.3 Å². The lowest BCUT2D eigenvalue weighted by molar-refractivity contribution is 0.0500. The number of benzene rings is 1. The summed E-state index contributed by atoms with van der Waals surface area (Å²) in [5.74, 6) is 0.813. The Labute approximate surface area is 196 Å². The molecule has 0 bridgehead atoms. The largest absolute Gasteiger partial charge is 0.489 e. The third-order valence-corrected chi connectivity index (χ3v) is 5.82. The van der Waals surface area contributed by atoms with E-state index in [4.69, 9.17) is 19.3 Å². The van der Waals surface area contributed by atoms with E-state index in [1.807, 2.05) is 13.8 Å². The summed E-state index contributed by atoms with van der Waals surface area (Å²) in [6.07, 6.45) is 1.90. The Bertz CT molecular complexity index is 941. The number of methoxy groups -OCH3 is 1. The maximum atomic E-state index is 14.6. The van der Waals surface area contributed by atoms with Crippen LogP contribution in [0.3, 0.4) is 0 Å². The van der Waals surface area contributed by atoms with Gasteiger partial charge in [-0.15, -0.1) is 11.8 Å². The zero-order valence-electron chi connectivity index (χ0n) is 18.9. The number of nitrogens with zero attached hydrogens (tertiary/aromatic N) is 3. The molecule has 1 aromatic heterocycles. The van der Waals surface area contributed by atoms with E-state index in [0.717, 1.165) is 4.90 Å². The number of piperidine rings is 1. The molecule has 11 heteroatoms. The molecular weight excluding hydrogens is 451 g/mol. The monoisotopic (exact) mass is 480 g/mol. The van der Waals surface area contributed by atoms with E-state index in [-0.39, 0.29) is 48.0 Å². The number of aromatic nitrogens is 2. The van der Waals surface area contributed by atoms with Gasteiger partial charge in [0.15, 0.2) is 5.82 Å². The van der Waals surface area contributed by atoms with Gasteiger partial charge in [-0.3, -0.25) is 0 Å². The SMILES string of the molecule is COc1c(Nc2ccc(SCCO)cc2F)ncnc1OC1CCN(C(=O)OC(C)C)CC1. The normalized spacial score (nSPS) is 14.3. The Balaban J connectivity index is 1.66. The van der Waals surface area contributed by atoms with Gasteiger partial charge in [0.1, 0.15) is 18.2 Å². The molecule has 180 valence electrons. The van der Waals surface area contributed by atoms with Crippen molar-refractivity contribution in [3.63, 3.8) is 0 Å². The number of hydrogen-bond acceptors (Lipinski definition) is 9. The van der Waals surface area contributed by atoms with Gasteiger partial charge < -0.3 is 29.5 Å². The van der Waals surface area contributed by atoms with E-state index in [1.54, 1.807) is 17.0 Å². The minimum atomic E-state index is -0.457. The number of aliphatic hydroxyl groups excluding tert-OH is 1. The molecule has 9 nitrogen and oxygen atoms in total. The molecule has 2 heterocycles. The lowest BCUT2D eigenvalue weighted by atomic mass is 10.1. The summed E-state index contributed by atoms with van der Waals surface area (Å²) in [5, 5.41) is 11.9. The zero-order chi connectivity index (χ0) is 23.8. The molecule has 3 rings (SSSR count). The molecular formula is C22H29FN4O5S. The van der Waals surface area contributed by atoms with Crippen molar-refractivity contribution in [2.24, 2.45) is 0 Å². The van der Waals surface area contributed by atoms with Crippen LogP contribution in [0.2, 0.25) is 0 Å². The van der Waals surface area contributed by atoms with Crippen LogP contribution in [-0.2, 0) is 4.74 Å². The Hall–Kier alpha value is -2.79. The van der Waals surface area contributed by atoms with Crippen LogP contribution in [0, 0.1) is 5.82 Å². The van der Waals surface area contributed by atoms with E-state index >= 15 is 0 Å². The molecule has 1 aliphatic heterocycles. The number of halogens is 1. The summed E-state index contributed by atoms with van der Waals surface area (Å²) in [6, 6.07) is 4.75. The van der Waals surface area contributed by atoms with Crippen molar-refractivity contribution in [2.45, 2.75) is 43.8 Å². The van der Waals surface area contributed by atoms with Crippen LogP contribution in [0.1, 0.15) is 26.7 Å². The molecule has 1 aromatic carbocycles. The lowest BCUT2D eigenvalue weighted by Crippen LogP contribution is -2.42. The fraction of sp³-hybridized carbons (Fsp3) is 0.500. The number of amides is 1. The van der Waals surface area contributed by atoms with Crippen molar-refractivity contribution in [3.05, 3.63) is 30.3 Å². The van der Waals surface area contributed by atoms with Gasteiger partial charge in [-0.1, -0.05) is 0 Å². The Morgan fingerprint density at radius 1 is 1.33 bits per heavy atom. The number of carbonyl (C=O) groups excluding carboxylic acids is 1. The minimum absolute atomic E-state index is 0.0221. The number of thioether (sulfide) groups is 1. The number of ether oxygens (including phenoxy) is 3. The van der Waals surface area contributed by atoms with Crippen molar-refractivity contribution < 1.29 is 28.5 Å². The second kappa shape index (κ2) is 11.9. The molecule has 0 radical (unpaired) electrons. The van der Waals surface area contributed by atoms with Crippen LogP contribution in [0.5, 0.6) is 11.6 Å². The van der Waals surface area contributed by atoms with Crippen molar-refractivity contribution in [1.82, 2.24) is 14.9 Å². The average Bonchev–Trinajstić information content (AvgIpc) is 2.79. The van der Waals surface area contributed by atoms with Gasteiger partial charge in [0, 0.05) is 36.6 Å². The first-order chi connectivity index (χ1) is 15.9. The second-order valence-corrected chi connectivity index (χ2v) is 8.80. The van der Waals surface area contributed by atoms with Gasteiger partial charge in [-0.2, -0.15) is 4.98 Å².